The molecule has 5 nitrogen and oxygen atoms in total. The number of hydrogen-bond donors (Lipinski definition) is 2. The van der Waals surface area contributed by atoms with Gasteiger partial charge in [0.05, 0.1) is 26.2 Å². The highest BCUT2D eigenvalue weighted by molar-refractivity contribution is 7.20. The third-order valence-electron chi connectivity index (χ3n) is 5.91. The Morgan fingerprint density at radius 2 is 1.94 bits per heavy atom. The first-order valence-corrected chi connectivity index (χ1v) is 12.6. The van der Waals surface area contributed by atoms with Crippen molar-refractivity contribution in [2.24, 2.45) is 0 Å². The molecule has 0 bridgehead atoms. The Morgan fingerprint density at radius 1 is 1.03 bits per heavy atom. The van der Waals surface area contributed by atoms with Crippen LogP contribution in [0.15, 0.2) is 73.1 Å². The average molecular weight is 497 g/mol. The number of ether oxygens (including phenoxy) is 1. The lowest BCUT2D eigenvalue weighted by Gasteiger charge is -2.12. The third kappa shape index (κ3) is 4.67. The molecule has 1 unspecified atom stereocenters. The third-order valence-corrected chi connectivity index (χ3v) is 7.25. The van der Waals surface area contributed by atoms with Crippen LogP contribution in [-0.2, 0) is 0 Å². The van der Waals surface area contributed by atoms with Crippen LogP contribution in [0, 0.1) is 11.8 Å². The van der Waals surface area contributed by atoms with E-state index in [0.717, 1.165) is 56.1 Å². The maximum atomic E-state index is 6.60. The molecule has 0 aliphatic carbocycles. The second kappa shape index (κ2) is 9.55. The van der Waals surface area contributed by atoms with Crippen LogP contribution in [0.4, 0.5) is 11.5 Å². The van der Waals surface area contributed by atoms with Crippen LogP contribution in [0.25, 0.3) is 21.0 Å². The molecule has 0 radical (unpaired) electrons. The Labute approximate surface area is 212 Å². The van der Waals surface area contributed by atoms with E-state index in [0.29, 0.717) is 10.8 Å². The average Bonchev–Trinajstić information content (AvgIpc) is 3.55. The normalized spacial score (nSPS) is 15.2. The zero-order valence-electron chi connectivity index (χ0n) is 18.7. The van der Waals surface area contributed by atoms with Crippen molar-refractivity contribution in [3.05, 3.63) is 83.0 Å². The van der Waals surface area contributed by atoms with Gasteiger partial charge in [-0.1, -0.05) is 59.8 Å². The summed E-state index contributed by atoms with van der Waals surface area (Å²) in [4.78, 5) is 9.86. The minimum atomic E-state index is 0.278. The van der Waals surface area contributed by atoms with Crippen molar-refractivity contribution >= 4 is 55.4 Å². The summed E-state index contributed by atoms with van der Waals surface area (Å²) in [5, 5.41) is 9.45. The second-order valence-corrected chi connectivity index (χ2v) is 9.77. The SMILES string of the molecule is Clc1cc(Nc2ncnc3cc(C#CC4CCCN4)sc23)ccc1Oc1cccc2ccccc12. The number of thiophene rings is 1. The first kappa shape index (κ1) is 21.9. The van der Waals surface area contributed by atoms with Gasteiger partial charge < -0.3 is 15.4 Å². The number of benzene rings is 3. The van der Waals surface area contributed by atoms with Crippen molar-refractivity contribution in [2.45, 2.75) is 18.9 Å². The molecule has 172 valence electrons. The molecule has 2 N–H and O–H groups in total. The summed E-state index contributed by atoms with van der Waals surface area (Å²) >= 11 is 8.19. The summed E-state index contributed by atoms with van der Waals surface area (Å²) in [6.07, 6.45) is 3.85. The molecule has 3 heterocycles. The summed E-state index contributed by atoms with van der Waals surface area (Å²) in [6, 6.07) is 22.0. The largest absolute Gasteiger partial charge is 0.455 e. The minimum absolute atomic E-state index is 0.278. The van der Waals surface area contributed by atoms with Crippen molar-refractivity contribution in [2.75, 3.05) is 11.9 Å². The smallest absolute Gasteiger partial charge is 0.151 e. The molecule has 1 saturated heterocycles. The Morgan fingerprint density at radius 3 is 2.83 bits per heavy atom. The Kier molecular flexibility index (Phi) is 5.97. The fourth-order valence-corrected chi connectivity index (χ4v) is 5.31. The monoisotopic (exact) mass is 496 g/mol. The standard InChI is InChI=1S/C28H21ClN4OS/c29-23-15-20(11-13-26(23)34-25-9-3-6-18-5-1-2-8-22(18)25)33-28-27-24(31-17-32-28)16-21(35-27)12-10-19-7-4-14-30-19/h1-3,5-6,8-9,11,13,15-17,19,30H,4,7,14H2,(H,31,32,33). The molecule has 1 aliphatic heterocycles. The highest BCUT2D eigenvalue weighted by Crippen LogP contribution is 2.36. The van der Waals surface area contributed by atoms with Gasteiger partial charge in [0.15, 0.2) is 5.82 Å². The molecule has 0 amide bonds. The number of anilines is 2. The number of nitrogens with one attached hydrogen (secondary N) is 2. The van der Waals surface area contributed by atoms with Gasteiger partial charge in [0.1, 0.15) is 17.8 Å². The Bertz CT molecular complexity index is 1590. The van der Waals surface area contributed by atoms with Crippen LogP contribution in [0.1, 0.15) is 17.7 Å². The summed E-state index contributed by atoms with van der Waals surface area (Å²) in [7, 11) is 0. The minimum Gasteiger partial charge on any atom is -0.455 e. The second-order valence-electron chi connectivity index (χ2n) is 8.32. The van der Waals surface area contributed by atoms with Gasteiger partial charge in [0.25, 0.3) is 0 Å². The van der Waals surface area contributed by atoms with Gasteiger partial charge in [-0.2, -0.15) is 0 Å². The molecule has 7 heteroatoms. The molecule has 5 aromatic rings. The van der Waals surface area contributed by atoms with Crippen molar-refractivity contribution in [3.8, 4) is 23.3 Å². The van der Waals surface area contributed by atoms with Gasteiger partial charge in [-0.05, 0) is 55.1 Å². The molecule has 1 atom stereocenters. The molecule has 1 aliphatic rings. The quantitative estimate of drug-likeness (QED) is 0.259. The lowest BCUT2D eigenvalue weighted by atomic mass is 10.1. The first-order chi connectivity index (χ1) is 17.2. The van der Waals surface area contributed by atoms with E-state index in [4.69, 9.17) is 16.3 Å². The topological polar surface area (TPSA) is 59.1 Å². The number of hydrogen-bond acceptors (Lipinski definition) is 6. The van der Waals surface area contributed by atoms with E-state index >= 15 is 0 Å². The van der Waals surface area contributed by atoms with E-state index in [1.165, 1.54) is 6.42 Å². The van der Waals surface area contributed by atoms with E-state index in [2.05, 4.69) is 44.6 Å². The van der Waals surface area contributed by atoms with Gasteiger partial charge in [-0.3, -0.25) is 0 Å². The molecule has 35 heavy (non-hydrogen) atoms. The van der Waals surface area contributed by atoms with Gasteiger partial charge >= 0.3 is 0 Å². The fraction of sp³-hybridized carbons (Fsp3) is 0.143. The number of fused-ring (bicyclic) bond motifs is 2. The number of rotatable bonds is 4. The predicted octanol–water partition coefficient (Wildman–Crippen LogP) is 7.14. The maximum absolute atomic E-state index is 6.60. The summed E-state index contributed by atoms with van der Waals surface area (Å²) in [5.74, 6) is 8.70. The van der Waals surface area contributed by atoms with Crippen LogP contribution < -0.4 is 15.4 Å². The zero-order chi connectivity index (χ0) is 23.6. The molecule has 0 spiro atoms. The molecular formula is C28H21ClN4OS. The lowest BCUT2D eigenvalue weighted by Crippen LogP contribution is -2.18. The Balaban J connectivity index is 1.24. The predicted molar refractivity (Wildman–Crippen MR) is 144 cm³/mol. The highest BCUT2D eigenvalue weighted by Gasteiger charge is 2.13. The molecule has 6 rings (SSSR count). The maximum Gasteiger partial charge on any atom is 0.151 e. The van der Waals surface area contributed by atoms with Gasteiger partial charge in [-0.15, -0.1) is 11.3 Å². The molecule has 1 fully saturated rings. The van der Waals surface area contributed by atoms with Gasteiger partial charge in [0, 0.05) is 11.1 Å². The highest BCUT2D eigenvalue weighted by atomic mass is 35.5. The van der Waals surface area contributed by atoms with E-state index in [1.807, 2.05) is 54.6 Å². The zero-order valence-corrected chi connectivity index (χ0v) is 20.3. The van der Waals surface area contributed by atoms with Crippen LogP contribution in [0.3, 0.4) is 0 Å². The van der Waals surface area contributed by atoms with E-state index in [1.54, 1.807) is 17.7 Å². The molecule has 3 aromatic carbocycles. The van der Waals surface area contributed by atoms with E-state index in [-0.39, 0.29) is 6.04 Å². The molecular weight excluding hydrogens is 476 g/mol. The van der Waals surface area contributed by atoms with Crippen molar-refractivity contribution in [3.63, 3.8) is 0 Å². The van der Waals surface area contributed by atoms with Crippen molar-refractivity contribution < 1.29 is 4.74 Å². The summed E-state index contributed by atoms with van der Waals surface area (Å²) in [6.45, 7) is 1.04. The van der Waals surface area contributed by atoms with Crippen LogP contribution in [0.5, 0.6) is 11.5 Å². The first-order valence-electron chi connectivity index (χ1n) is 11.4. The van der Waals surface area contributed by atoms with E-state index < -0.39 is 0 Å². The van der Waals surface area contributed by atoms with Gasteiger partial charge in [0.2, 0.25) is 0 Å². The summed E-state index contributed by atoms with van der Waals surface area (Å²) in [5.41, 5.74) is 1.69. The van der Waals surface area contributed by atoms with Crippen molar-refractivity contribution in [1.82, 2.24) is 15.3 Å². The van der Waals surface area contributed by atoms with Crippen LogP contribution in [0.2, 0.25) is 5.02 Å². The molecule has 0 saturated carbocycles. The van der Waals surface area contributed by atoms with Gasteiger partial charge in [-0.25, -0.2) is 9.97 Å². The lowest BCUT2D eigenvalue weighted by molar-refractivity contribution is 0.488. The van der Waals surface area contributed by atoms with Crippen LogP contribution in [-0.4, -0.2) is 22.6 Å². The number of halogens is 1. The molecule has 2 aromatic heterocycles. The van der Waals surface area contributed by atoms with Crippen molar-refractivity contribution in [1.29, 1.82) is 0 Å². The van der Waals surface area contributed by atoms with E-state index in [9.17, 15) is 0 Å². The van der Waals surface area contributed by atoms with Crippen LogP contribution >= 0.6 is 22.9 Å². The Hall–Kier alpha value is -3.63. The summed E-state index contributed by atoms with van der Waals surface area (Å²) < 4.78 is 7.13. The number of aromatic nitrogens is 2. The fourth-order valence-electron chi connectivity index (χ4n) is 4.17. The number of nitrogens with zero attached hydrogens (tertiary/aromatic N) is 2.